The van der Waals surface area contributed by atoms with Crippen LogP contribution in [0.25, 0.3) is 33.4 Å². The Hall–Kier alpha value is -8.20. The Morgan fingerprint density at radius 1 is 0.765 bits per heavy atom. The predicted octanol–water partition coefficient (Wildman–Crippen LogP) is 6.40. The number of aryl methyl sites for hydroxylation is 2. The molecule has 2 bridgehead atoms. The fraction of sp³-hybridized carbons (Fsp3) is 0.671. The number of aromatic nitrogens is 8. The lowest BCUT2D eigenvalue weighted by atomic mass is 9.80. The molecule has 1 saturated carbocycles. The standard InChI is InChI=1S/C85H127N13O21/c1-54-17-9-8-10-18-55(2)71(109-7)50-63-24-21-59(6)85(108,119-63)79(105)82(106)97-29-14-11-20-66(97)83(107)117-72(51-67(99)56(3)46-58(5)77(103)78(104)76(102)57(4)45-54)64(86)47-60-22-25-70(68(100)48-60)116-32-16-12-19-62-52-96(95-93-62)31-34-111-36-38-113-40-42-115-44-43-114-41-39-112-37-35-110-33-27-73(101)89-28-13-15-30-98-81-74(80(87)90-53-91-81)75(94-98)61-23-26-69-65(49-61)92-84(88)118-69/h8-10,17-18,23,26,46,49,52-54,56-57,59-60,63-64,66,68,70-72,77-78,100,103-104,108H,11-16,19-22,24-25,27-45,47-48,50-51,86H2,1-7H3,(H2,88,92)(H,89,101)(H2,87,90,91)/b10-8+,17-9+,55-18+,58-46+/t54-,56-,57-,59-,60+,63+,64-,66+,68-,70-,71+,72+,77-,78+,85-/m1/s1. The van der Waals surface area contributed by atoms with Crippen molar-refractivity contribution in [1.29, 1.82) is 0 Å². The highest BCUT2D eigenvalue weighted by molar-refractivity contribution is 6.39. The topological polar surface area (TPSA) is 469 Å². The second kappa shape index (κ2) is 48.4. The lowest BCUT2D eigenvalue weighted by molar-refractivity contribution is -0.265. The summed E-state index contributed by atoms with van der Waals surface area (Å²) in [5.74, 6) is -8.95. The average Bonchev–Trinajstić information content (AvgIpc) is 1.75. The minimum Gasteiger partial charge on any atom is -0.459 e. The van der Waals surface area contributed by atoms with Crippen molar-refractivity contribution in [2.75, 3.05) is 118 Å². The van der Waals surface area contributed by atoms with Crippen LogP contribution in [-0.4, -0.2) is 267 Å². The number of aliphatic hydroxyl groups excluding tert-OH is 3. The number of carbonyl (C=O) groups is 6. The number of fused-ring (bicyclic) bond motifs is 5. The highest BCUT2D eigenvalue weighted by atomic mass is 16.6. The Labute approximate surface area is 696 Å². The van der Waals surface area contributed by atoms with Crippen molar-refractivity contribution in [2.24, 2.45) is 35.3 Å². The van der Waals surface area contributed by atoms with Crippen molar-refractivity contribution in [2.45, 2.75) is 231 Å². The average molecular weight is 1670 g/mol. The molecule has 658 valence electrons. The molecule has 3 aliphatic heterocycles. The maximum atomic E-state index is 14.6. The van der Waals surface area contributed by atoms with Gasteiger partial charge in [0, 0.05) is 88.2 Å². The Bertz CT molecular complexity index is 4170. The van der Waals surface area contributed by atoms with Crippen LogP contribution in [0.3, 0.4) is 0 Å². The lowest BCUT2D eigenvalue weighted by Gasteiger charge is -2.42. The number of hydrogen-bond acceptors (Lipinski definition) is 30. The first-order valence-electron chi connectivity index (χ1n) is 42.2. The van der Waals surface area contributed by atoms with E-state index in [0.717, 1.165) is 41.0 Å². The van der Waals surface area contributed by atoms with E-state index in [2.05, 4.69) is 30.6 Å². The number of esters is 1. The molecule has 34 heteroatoms. The summed E-state index contributed by atoms with van der Waals surface area (Å²) in [6.07, 6.45) is 14.9. The van der Waals surface area contributed by atoms with Gasteiger partial charge in [-0.25, -0.2) is 24.1 Å². The quantitative estimate of drug-likeness (QED) is 0.00922. The number of nitrogens with zero attached hydrogens (tertiary/aromatic N) is 9. The Kier molecular flexibility index (Phi) is 38.5. The number of ether oxygens (including phenoxy) is 10. The molecule has 0 radical (unpaired) electrons. The van der Waals surface area contributed by atoms with E-state index in [0.29, 0.717) is 197 Å². The molecular formula is C85H127N13O21. The van der Waals surface area contributed by atoms with E-state index in [1.54, 1.807) is 43.3 Å². The summed E-state index contributed by atoms with van der Waals surface area (Å²) in [5.41, 5.74) is 24.1. The van der Waals surface area contributed by atoms with Crippen molar-refractivity contribution < 1.29 is 101 Å². The second-order valence-electron chi connectivity index (χ2n) is 31.9. The normalized spacial score (nSPS) is 27.5. The maximum absolute atomic E-state index is 14.6. The van der Waals surface area contributed by atoms with Crippen molar-refractivity contribution in [3.63, 3.8) is 0 Å². The Balaban J connectivity index is 0.608. The number of hydrogen-bond donors (Lipinski definition) is 8. The highest BCUT2D eigenvalue weighted by Gasteiger charge is 2.53. The number of oxazole rings is 1. The molecule has 7 heterocycles. The highest BCUT2D eigenvalue weighted by Crippen LogP contribution is 2.39. The third kappa shape index (κ3) is 28.7. The zero-order chi connectivity index (χ0) is 85.4. The molecule has 9 rings (SSSR count). The number of cyclic esters (lactones) is 1. The lowest BCUT2D eigenvalue weighted by Crippen LogP contribution is -2.61. The number of unbranched alkanes of at least 4 members (excludes halogenated alkanes) is 2. The smallest absolute Gasteiger partial charge is 0.329 e. The third-order valence-corrected chi connectivity index (χ3v) is 22.6. The van der Waals surface area contributed by atoms with E-state index in [-0.39, 0.29) is 74.6 Å². The van der Waals surface area contributed by atoms with Crippen LogP contribution in [0.15, 0.2) is 82.7 Å². The first-order valence-corrected chi connectivity index (χ1v) is 42.2. The van der Waals surface area contributed by atoms with Crippen LogP contribution in [-0.2, 0) is 95.6 Å². The molecule has 0 spiro atoms. The van der Waals surface area contributed by atoms with E-state index < -0.39 is 108 Å². The van der Waals surface area contributed by atoms with Gasteiger partial charge in [-0.05, 0) is 151 Å². The minimum atomic E-state index is -2.50. The summed E-state index contributed by atoms with van der Waals surface area (Å²) < 4.78 is 67.2. The number of benzene rings is 1. The van der Waals surface area contributed by atoms with E-state index in [1.807, 2.05) is 62.6 Å². The van der Waals surface area contributed by atoms with E-state index >= 15 is 0 Å². The first kappa shape index (κ1) is 94.6. The number of carbonyl (C=O) groups excluding carboxylic acids is 6. The van der Waals surface area contributed by atoms with Crippen LogP contribution in [0, 0.1) is 29.6 Å². The van der Waals surface area contributed by atoms with Crippen LogP contribution >= 0.6 is 0 Å². The number of piperidine rings is 1. The molecule has 1 aliphatic carbocycles. The van der Waals surface area contributed by atoms with Crippen LogP contribution in [0.5, 0.6) is 0 Å². The maximum Gasteiger partial charge on any atom is 0.329 e. The van der Waals surface area contributed by atoms with Gasteiger partial charge in [0.2, 0.25) is 11.7 Å². The van der Waals surface area contributed by atoms with Crippen molar-refractivity contribution in [1.82, 2.24) is 49.9 Å². The second-order valence-corrected chi connectivity index (χ2v) is 31.9. The monoisotopic (exact) mass is 1670 g/mol. The minimum absolute atomic E-state index is 0.0113. The van der Waals surface area contributed by atoms with Crippen molar-refractivity contribution in [3.8, 4) is 11.3 Å². The van der Waals surface area contributed by atoms with Gasteiger partial charge in [-0.1, -0.05) is 69.4 Å². The number of amides is 2. The third-order valence-electron chi connectivity index (χ3n) is 22.6. The van der Waals surface area contributed by atoms with Gasteiger partial charge in [-0.15, -0.1) is 5.10 Å². The number of allylic oxidation sites excluding steroid dienone is 6. The molecule has 3 fully saturated rings. The molecule has 4 aliphatic rings. The summed E-state index contributed by atoms with van der Waals surface area (Å²) in [7, 11) is 1.55. The van der Waals surface area contributed by atoms with Crippen LogP contribution < -0.4 is 22.5 Å². The number of ketones is 3. The van der Waals surface area contributed by atoms with Gasteiger partial charge >= 0.3 is 5.97 Å². The number of anilines is 2. The molecule has 1 aromatic carbocycles. The number of nitrogen functional groups attached to an aromatic ring is 2. The van der Waals surface area contributed by atoms with Crippen LogP contribution in [0.4, 0.5) is 11.8 Å². The molecule has 0 unspecified atom stereocenters. The van der Waals surface area contributed by atoms with Gasteiger partial charge < -0.3 is 99.6 Å². The Morgan fingerprint density at radius 2 is 1.48 bits per heavy atom. The number of aliphatic hydroxyl groups is 4. The molecule has 2 saturated heterocycles. The summed E-state index contributed by atoms with van der Waals surface area (Å²) in [6.45, 7) is 17.0. The fourth-order valence-electron chi connectivity index (χ4n) is 15.5. The molecule has 34 nitrogen and oxygen atoms in total. The first-order chi connectivity index (χ1) is 57.3. The Morgan fingerprint density at radius 3 is 2.19 bits per heavy atom. The summed E-state index contributed by atoms with van der Waals surface area (Å²) in [6, 6.07) is 3.36. The van der Waals surface area contributed by atoms with Gasteiger partial charge in [-0.2, -0.15) is 10.1 Å². The van der Waals surface area contributed by atoms with Crippen molar-refractivity contribution in [3.05, 3.63) is 84.0 Å². The molecule has 119 heavy (non-hydrogen) atoms. The number of methoxy groups -OCH3 is 1. The summed E-state index contributed by atoms with van der Waals surface area (Å²) in [5, 5.41) is 63.0. The molecule has 5 aromatic rings. The predicted molar refractivity (Wildman–Crippen MR) is 440 cm³/mol. The van der Waals surface area contributed by atoms with Gasteiger partial charge in [0.1, 0.15) is 53.5 Å². The van der Waals surface area contributed by atoms with E-state index in [4.69, 9.17) is 74.1 Å². The van der Waals surface area contributed by atoms with Gasteiger partial charge in [0.05, 0.1) is 121 Å². The van der Waals surface area contributed by atoms with Crippen LogP contribution in [0.2, 0.25) is 0 Å². The summed E-state index contributed by atoms with van der Waals surface area (Å²) in [4.78, 5) is 97.7. The number of nitrogens with one attached hydrogen (secondary N) is 1. The molecule has 11 N–H and O–H groups in total. The molecular weight excluding hydrogens is 1540 g/mol. The molecule has 4 aromatic heterocycles. The summed E-state index contributed by atoms with van der Waals surface area (Å²) >= 11 is 0. The van der Waals surface area contributed by atoms with Crippen LogP contribution in [0.1, 0.15) is 156 Å². The SMILES string of the molecule is CO[C@H]1C[C@@H]2CC[C@@H](C)[C@@](O)(O2)C(=O)C(=O)N2CCCC[C@H]2C(=O)O[C@H]([C@H](N)C[C@@H]2CC[C@@H](OCCCCc3cn(CCOCCOCCOCCOCCOCCOCCC(=O)NCCCCn4nc(-c5ccc6oc(N)nc6c5)c5c(N)ncnc54)nn3)[C@H](O)C2)CC(=O)[C@H](C)/C=C(\C)[C@@H](O)[C@@H](O)C(=O)[C@H](C)C[C@H](C)/C=C/C=C/C=C/1C. The largest absolute Gasteiger partial charge is 0.459 e. The molecule has 15 atom stereocenters. The number of nitrogens with two attached hydrogens (primary N) is 3. The zero-order valence-electron chi connectivity index (χ0n) is 70.2. The fourth-order valence-corrected chi connectivity index (χ4v) is 15.5. The van der Waals surface area contributed by atoms with Gasteiger partial charge in [0.25, 0.3) is 17.7 Å². The van der Waals surface area contributed by atoms with E-state index in [9.17, 15) is 49.2 Å². The number of rotatable bonds is 37. The van der Waals surface area contributed by atoms with Crippen molar-refractivity contribution >= 4 is 69.1 Å². The van der Waals surface area contributed by atoms with Gasteiger partial charge in [-0.3, -0.25) is 24.0 Å². The molecule has 2 amide bonds. The van der Waals surface area contributed by atoms with Gasteiger partial charge in [0.15, 0.2) is 17.0 Å². The number of Topliss-reactive ketones (excluding diaryl/α,β-unsaturated/α-hetero) is 3. The zero-order valence-corrected chi connectivity index (χ0v) is 70.2. The van der Waals surface area contributed by atoms with E-state index in [1.165, 1.54) is 19.3 Å².